The third kappa shape index (κ3) is 2.01. The van der Waals surface area contributed by atoms with Gasteiger partial charge in [0.05, 0.1) is 3.57 Å². The number of amides is 1. The fourth-order valence-corrected chi connectivity index (χ4v) is 1.88. The van der Waals surface area contributed by atoms with Crippen molar-refractivity contribution in [3.8, 4) is 0 Å². The number of nitrogens with one attached hydrogen (secondary N) is 1. The van der Waals surface area contributed by atoms with Crippen LogP contribution in [0.25, 0.3) is 0 Å². The van der Waals surface area contributed by atoms with E-state index < -0.39 is 0 Å². The summed E-state index contributed by atoms with van der Waals surface area (Å²) in [6, 6.07) is 0. The van der Waals surface area contributed by atoms with Crippen molar-refractivity contribution in [3.05, 3.63) is 32.8 Å². The number of aromatic nitrogens is 2. The summed E-state index contributed by atoms with van der Waals surface area (Å²) in [4.78, 5) is 31.2. The highest BCUT2D eigenvalue weighted by atomic mass is 127. The van der Waals surface area contributed by atoms with E-state index in [0.717, 1.165) is 0 Å². The quantitative estimate of drug-likeness (QED) is 0.647. The Hall–Kier alpha value is -1.18. The van der Waals surface area contributed by atoms with E-state index in [1.54, 1.807) is 6.08 Å². The van der Waals surface area contributed by atoms with Crippen molar-refractivity contribution in [1.29, 1.82) is 0 Å². The van der Waals surface area contributed by atoms with Gasteiger partial charge in [-0.2, -0.15) is 0 Å². The lowest BCUT2D eigenvalue weighted by molar-refractivity contribution is -0.117. The van der Waals surface area contributed by atoms with Gasteiger partial charge in [-0.1, -0.05) is 6.08 Å². The van der Waals surface area contributed by atoms with Gasteiger partial charge in [-0.25, -0.2) is 4.98 Å². The van der Waals surface area contributed by atoms with E-state index >= 15 is 0 Å². The van der Waals surface area contributed by atoms with Gasteiger partial charge in [-0.05, 0) is 22.6 Å². The average Bonchev–Trinajstić information content (AvgIpc) is 2.64. The number of halogens is 1. The number of aromatic amines is 1. The maximum atomic E-state index is 11.7. The minimum absolute atomic E-state index is 0.0331. The van der Waals surface area contributed by atoms with E-state index in [0.29, 0.717) is 22.5 Å². The second kappa shape index (κ2) is 4.36. The Kier molecular flexibility index (Phi) is 3.08. The molecule has 0 aromatic carbocycles. The summed E-state index contributed by atoms with van der Waals surface area (Å²) < 4.78 is 0.508. The summed E-state index contributed by atoms with van der Waals surface area (Å²) in [6.45, 7) is 4.20. The minimum atomic E-state index is -0.222. The Morgan fingerprint density at radius 1 is 1.62 bits per heavy atom. The summed E-state index contributed by atoms with van der Waals surface area (Å²) in [5, 5.41) is 0. The molecule has 5 nitrogen and oxygen atoms in total. The number of anilines is 1. The summed E-state index contributed by atoms with van der Waals surface area (Å²) in [6.07, 6.45) is 3.64. The number of carbonyl (C=O) groups excluding carboxylic acids is 1. The molecule has 1 atom stereocenters. The van der Waals surface area contributed by atoms with Crippen LogP contribution in [0.3, 0.4) is 0 Å². The fourth-order valence-electron chi connectivity index (χ4n) is 1.60. The van der Waals surface area contributed by atoms with Crippen molar-refractivity contribution in [2.24, 2.45) is 5.92 Å². The molecule has 1 saturated heterocycles. The first-order chi connectivity index (χ1) is 7.61. The van der Waals surface area contributed by atoms with Crippen LogP contribution in [0, 0.1) is 9.49 Å². The Morgan fingerprint density at radius 3 is 2.94 bits per heavy atom. The normalized spacial score (nSPS) is 20.2. The third-order valence-corrected chi connectivity index (χ3v) is 3.25. The van der Waals surface area contributed by atoms with Gasteiger partial charge in [0.1, 0.15) is 0 Å². The number of carbonyl (C=O) groups is 1. The second-order valence-electron chi connectivity index (χ2n) is 3.59. The van der Waals surface area contributed by atoms with Crippen LogP contribution in [0.1, 0.15) is 6.42 Å². The molecule has 0 saturated carbocycles. The zero-order valence-corrected chi connectivity index (χ0v) is 10.6. The number of H-pyrrole nitrogens is 1. The van der Waals surface area contributed by atoms with Gasteiger partial charge in [-0.3, -0.25) is 19.5 Å². The monoisotopic (exact) mass is 331 g/mol. The van der Waals surface area contributed by atoms with Gasteiger partial charge >= 0.3 is 0 Å². The van der Waals surface area contributed by atoms with Crippen molar-refractivity contribution in [2.45, 2.75) is 6.42 Å². The van der Waals surface area contributed by atoms with Gasteiger partial charge in [0.25, 0.3) is 5.56 Å². The number of rotatable bonds is 2. The molecule has 1 aliphatic rings. The molecule has 1 fully saturated rings. The van der Waals surface area contributed by atoms with Crippen molar-refractivity contribution >= 4 is 34.4 Å². The lowest BCUT2D eigenvalue weighted by atomic mass is 10.1. The van der Waals surface area contributed by atoms with Crippen molar-refractivity contribution in [3.63, 3.8) is 0 Å². The molecule has 0 radical (unpaired) electrons. The second-order valence-corrected chi connectivity index (χ2v) is 4.75. The van der Waals surface area contributed by atoms with Gasteiger partial charge in [0, 0.05) is 25.1 Å². The summed E-state index contributed by atoms with van der Waals surface area (Å²) in [5.41, 5.74) is -0.222. The lowest BCUT2D eigenvalue weighted by Crippen LogP contribution is -2.29. The first-order valence-electron chi connectivity index (χ1n) is 4.79. The lowest BCUT2D eigenvalue weighted by Gasteiger charge is -2.13. The summed E-state index contributed by atoms with van der Waals surface area (Å²) in [7, 11) is 0. The van der Waals surface area contributed by atoms with Crippen LogP contribution in [-0.4, -0.2) is 22.4 Å². The first kappa shape index (κ1) is 11.3. The van der Waals surface area contributed by atoms with E-state index in [9.17, 15) is 9.59 Å². The predicted molar refractivity (Wildman–Crippen MR) is 68.2 cm³/mol. The zero-order chi connectivity index (χ0) is 11.7. The highest BCUT2D eigenvalue weighted by Crippen LogP contribution is 2.21. The number of nitrogens with zero attached hydrogens (tertiary/aromatic N) is 2. The molecule has 1 amide bonds. The summed E-state index contributed by atoms with van der Waals surface area (Å²) in [5.74, 6) is 0.422. The summed E-state index contributed by atoms with van der Waals surface area (Å²) >= 11 is 1.90. The third-order valence-electron chi connectivity index (χ3n) is 2.49. The highest BCUT2D eigenvalue weighted by molar-refractivity contribution is 14.1. The van der Waals surface area contributed by atoms with Gasteiger partial charge in [-0.15, -0.1) is 6.58 Å². The smallest absolute Gasteiger partial charge is 0.265 e. The molecule has 2 rings (SSSR count). The molecular formula is C10H10IN3O2. The van der Waals surface area contributed by atoms with Crippen LogP contribution in [0.4, 0.5) is 5.95 Å². The molecule has 2 heterocycles. The van der Waals surface area contributed by atoms with E-state index in [-0.39, 0.29) is 17.4 Å². The maximum Gasteiger partial charge on any atom is 0.265 e. The molecule has 1 unspecified atom stereocenters. The molecule has 1 N–H and O–H groups in total. The van der Waals surface area contributed by atoms with Crippen LogP contribution in [0.2, 0.25) is 0 Å². The standard InChI is InChI=1S/C10H10IN3O2/c1-2-6-3-8(15)14(5-6)10-12-4-7(11)9(16)13-10/h2,4,6H,1,3,5H2,(H,12,13,16). The molecule has 1 aromatic heterocycles. The van der Waals surface area contributed by atoms with Crippen LogP contribution in [0.15, 0.2) is 23.6 Å². The number of hydrogen-bond donors (Lipinski definition) is 1. The van der Waals surface area contributed by atoms with Crippen molar-refractivity contribution < 1.29 is 4.79 Å². The molecule has 16 heavy (non-hydrogen) atoms. The van der Waals surface area contributed by atoms with Crippen LogP contribution >= 0.6 is 22.6 Å². The average molecular weight is 331 g/mol. The molecule has 0 aliphatic carbocycles. The molecule has 6 heteroatoms. The molecule has 84 valence electrons. The molecule has 0 spiro atoms. The maximum absolute atomic E-state index is 11.7. The Balaban J connectivity index is 2.31. The molecular weight excluding hydrogens is 321 g/mol. The topological polar surface area (TPSA) is 66.1 Å². The minimum Gasteiger partial charge on any atom is -0.291 e. The van der Waals surface area contributed by atoms with Crippen molar-refractivity contribution in [1.82, 2.24) is 9.97 Å². The molecule has 0 bridgehead atoms. The SMILES string of the molecule is C=CC1CC(=O)N(c2ncc(I)c(=O)[nH]2)C1. The largest absolute Gasteiger partial charge is 0.291 e. The predicted octanol–water partition coefficient (Wildman–Crippen LogP) is 0.913. The van der Waals surface area contributed by atoms with E-state index in [4.69, 9.17) is 0 Å². The molecule has 1 aliphatic heterocycles. The van der Waals surface area contributed by atoms with E-state index in [1.165, 1.54) is 11.1 Å². The Bertz CT molecular complexity index is 497. The van der Waals surface area contributed by atoms with Gasteiger partial charge in [0.2, 0.25) is 11.9 Å². The Labute approximate surface area is 106 Å². The fraction of sp³-hybridized carbons (Fsp3) is 0.300. The van der Waals surface area contributed by atoms with Crippen LogP contribution < -0.4 is 10.5 Å². The van der Waals surface area contributed by atoms with Crippen LogP contribution in [-0.2, 0) is 4.79 Å². The zero-order valence-electron chi connectivity index (χ0n) is 8.44. The van der Waals surface area contributed by atoms with Gasteiger partial charge < -0.3 is 0 Å². The van der Waals surface area contributed by atoms with Gasteiger partial charge in [0.15, 0.2) is 0 Å². The van der Waals surface area contributed by atoms with E-state index in [1.807, 2.05) is 22.6 Å². The van der Waals surface area contributed by atoms with Crippen molar-refractivity contribution in [2.75, 3.05) is 11.4 Å². The highest BCUT2D eigenvalue weighted by Gasteiger charge is 2.30. The van der Waals surface area contributed by atoms with E-state index in [2.05, 4.69) is 16.5 Å². The number of hydrogen-bond acceptors (Lipinski definition) is 3. The molecule has 1 aromatic rings. The Morgan fingerprint density at radius 2 is 2.38 bits per heavy atom. The first-order valence-corrected chi connectivity index (χ1v) is 5.87. The van der Waals surface area contributed by atoms with Crippen LogP contribution in [0.5, 0.6) is 0 Å².